The molecule has 0 spiro atoms. The van der Waals surface area contributed by atoms with Gasteiger partial charge in [0, 0.05) is 41.2 Å². The highest BCUT2D eigenvalue weighted by Gasteiger charge is 2.19. The van der Waals surface area contributed by atoms with Crippen LogP contribution < -0.4 is 5.73 Å². The smallest absolute Gasteiger partial charge is 0.159 e. The predicted octanol–water partition coefficient (Wildman–Crippen LogP) is 3.62. The molecule has 0 aliphatic carbocycles. The zero-order valence-corrected chi connectivity index (χ0v) is 16.5. The van der Waals surface area contributed by atoms with Gasteiger partial charge in [-0.3, -0.25) is 14.7 Å². The fourth-order valence-electron chi connectivity index (χ4n) is 3.61. The molecule has 0 amide bonds. The van der Waals surface area contributed by atoms with Gasteiger partial charge in [0.15, 0.2) is 11.6 Å². The number of benzene rings is 1. The third-order valence-corrected chi connectivity index (χ3v) is 5.13. The van der Waals surface area contributed by atoms with Crippen molar-refractivity contribution in [1.82, 2.24) is 19.7 Å². The quantitative estimate of drug-likeness (QED) is 0.539. The van der Waals surface area contributed by atoms with E-state index in [0.29, 0.717) is 36.6 Å². The van der Waals surface area contributed by atoms with E-state index in [2.05, 4.69) is 15.1 Å². The van der Waals surface area contributed by atoms with E-state index in [1.807, 2.05) is 30.5 Å². The van der Waals surface area contributed by atoms with Crippen molar-refractivity contribution in [2.75, 3.05) is 13.1 Å². The SMILES string of the molecule is NCCn1cc(-c2cnc3ccc(C4=CCN=C4c4ccc(F)c(F)c4)nc3c2)cn1. The van der Waals surface area contributed by atoms with Crippen molar-refractivity contribution in [2.45, 2.75) is 6.54 Å². The molecule has 0 saturated heterocycles. The lowest BCUT2D eigenvalue weighted by molar-refractivity contribution is 0.508. The first kappa shape index (κ1) is 19.2. The average Bonchev–Trinajstić information content (AvgIpc) is 3.45. The Bertz CT molecular complexity index is 1360. The number of allylic oxidation sites excluding steroid dienone is 1. The van der Waals surface area contributed by atoms with E-state index in [9.17, 15) is 8.78 Å². The van der Waals surface area contributed by atoms with Gasteiger partial charge in [0.1, 0.15) is 0 Å². The van der Waals surface area contributed by atoms with Crippen LogP contribution in [-0.4, -0.2) is 38.5 Å². The lowest BCUT2D eigenvalue weighted by atomic mass is 10.00. The Morgan fingerprint density at radius 3 is 2.68 bits per heavy atom. The van der Waals surface area contributed by atoms with Crippen LogP contribution in [0.3, 0.4) is 0 Å². The third-order valence-electron chi connectivity index (χ3n) is 5.13. The fraction of sp³-hybridized carbons (Fsp3) is 0.130. The zero-order chi connectivity index (χ0) is 21.4. The minimum absolute atomic E-state index is 0.460. The van der Waals surface area contributed by atoms with E-state index in [1.54, 1.807) is 17.1 Å². The summed E-state index contributed by atoms with van der Waals surface area (Å²) in [6, 6.07) is 9.50. The minimum Gasteiger partial charge on any atom is -0.329 e. The van der Waals surface area contributed by atoms with E-state index in [4.69, 9.17) is 10.7 Å². The van der Waals surface area contributed by atoms with Crippen LogP contribution in [0.5, 0.6) is 0 Å². The van der Waals surface area contributed by atoms with Crippen molar-refractivity contribution in [1.29, 1.82) is 0 Å². The fourth-order valence-corrected chi connectivity index (χ4v) is 3.61. The number of pyridine rings is 2. The first-order chi connectivity index (χ1) is 15.1. The highest BCUT2D eigenvalue weighted by atomic mass is 19.2. The molecule has 5 rings (SSSR count). The summed E-state index contributed by atoms with van der Waals surface area (Å²) in [5, 5.41) is 4.31. The topological polar surface area (TPSA) is 82.0 Å². The van der Waals surface area contributed by atoms with Gasteiger partial charge in [0.25, 0.3) is 0 Å². The summed E-state index contributed by atoms with van der Waals surface area (Å²) < 4.78 is 28.9. The first-order valence-electron chi connectivity index (χ1n) is 9.83. The Morgan fingerprint density at radius 1 is 0.935 bits per heavy atom. The van der Waals surface area contributed by atoms with Crippen molar-refractivity contribution in [3.8, 4) is 11.1 Å². The molecule has 0 bridgehead atoms. The molecule has 4 aromatic rings. The van der Waals surface area contributed by atoms with Crippen molar-refractivity contribution < 1.29 is 8.78 Å². The summed E-state index contributed by atoms with van der Waals surface area (Å²) in [5.41, 5.74) is 11.5. The number of aliphatic imine (C=N–C) groups is 1. The number of hydrogen-bond donors (Lipinski definition) is 1. The maximum Gasteiger partial charge on any atom is 0.159 e. The Labute approximate surface area is 176 Å². The molecular weight excluding hydrogens is 398 g/mol. The van der Waals surface area contributed by atoms with Crippen LogP contribution >= 0.6 is 0 Å². The van der Waals surface area contributed by atoms with Gasteiger partial charge in [0.05, 0.1) is 41.7 Å². The van der Waals surface area contributed by atoms with Crippen molar-refractivity contribution in [2.24, 2.45) is 10.7 Å². The minimum atomic E-state index is -0.901. The van der Waals surface area contributed by atoms with Gasteiger partial charge in [-0.15, -0.1) is 0 Å². The first-order valence-corrected chi connectivity index (χ1v) is 9.83. The van der Waals surface area contributed by atoms with Crippen LogP contribution in [0.25, 0.3) is 27.7 Å². The second-order valence-corrected chi connectivity index (χ2v) is 7.18. The predicted molar refractivity (Wildman–Crippen MR) is 116 cm³/mol. The standard InChI is InChI=1S/C23H18F2N6/c24-18-2-1-14(9-19(18)25)23-17(5-7-27-23)20-3-4-21-22(30-20)10-15(11-28-21)16-12-29-31(13-16)8-6-26/h1-5,9-13H,6-8,26H2. The maximum absolute atomic E-state index is 13.7. The molecule has 0 fully saturated rings. The van der Waals surface area contributed by atoms with Gasteiger partial charge in [-0.1, -0.05) is 6.08 Å². The largest absolute Gasteiger partial charge is 0.329 e. The molecule has 0 atom stereocenters. The van der Waals surface area contributed by atoms with Crippen LogP contribution in [0.2, 0.25) is 0 Å². The Hall–Kier alpha value is -3.78. The molecule has 154 valence electrons. The molecule has 3 aromatic heterocycles. The molecule has 1 aliphatic rings. The number of aromatic nitrogens is 4. The Morgan fingerprint density at radius 2 is 1.84 bits per heavy atom. The number of nitrogens with zero attached hydrogens (tertiary/aromatic N) is 5. The van der Waals surface area contributed by atoms with E-state index in [1.165, 1.54) is 6.07 Å². The van der Waals surface area contributed by atoms with Gasteiger partial charge in [-0.05, 0) is 36.4 Å². The van der Waals surface area contributed by atoms with Crippen molar-refractivity contribution in [3.05, 3.63) is 84.0 Å². The number of rotatable bonds is 5. The second kappa shape index (κ2) is 7.81. The van der Waals surface area contributed by atoms with Crippen LogP contribution in [0.15, 0.2) is 66.1 Å². The Balaban J connectivity index is 1.51. The lowest BCUT2D eigenvalue weighted by Gasteiger charge is -2.09. The molecule has 4 heterocycles. The van der Waals surface area contributed by atoms with E-state index in [0.717, 1.165) is 39.9 Å². The van der Waals surface area contributed by atoms with Gasteiger partial charge >= 0.3 is 0 Å². The van der Waals surface area contributed by atoms with Gasteiger partial charge in [-0.2, -0.15) is 5.10 Å². The van der Waals surface area contributed by atoms with Gasteiger partial charge in [0.2, 0.25) is 0 Å². The van der Waals surface area contributed by atoms with Crippen molar-refractivity contribution in [3.63, 3.8) is 0 Å². The number of halogens is 2. The average molecular weight is 416 g/mol. The lowest BCUT2D eigenvalue weighted by Crippen LogP contribution is -2.09. The zero-order valence-electron chi connectivity index (χ0n) is 16.5. The number of nitrogens with two attached hydrogens (primary N) is 1. The van der Waals surface area contributed by atoms with Gasteiger partial charge < -0.3 is 5.73 Å². The molecule has 0 radical (unpaired) electrons. The van der Waals surface area contributed by atoms with Crippen LogP contribution in [0, 0.1) is 11.6 Å². The second-order valence-electron chi connectivity index (χ2n) is 7.18. The number of hydrogen-bond acceptors (Lipinski definition) is 5. The molecule has 0 saturated carbocycles. The summed E-state index contributed by atoms with van der Waals surface area (Å²) in [4.78, 5) is 13.7. The highest BCUT2D eigenvalue weighted by molar-refractivity contribution is 6.32. The van der Waals surface area contributed by atoms with E-state index < -0.39 is 11.6 Å². The molecule has 2 N–H and O–H groups in total. The molecule has 1 aliphatic heterocycles. The Kier molecular flexibility index (Phi) is 4.83. The molecule has 1 aromatic carbocycles. The maximum atomic E-state index is 13.7. The summed E-state index contributed by atoms with van der Waals surface area (Å²) in [5.74, 6) is -1.79. The van der Waals surface area contributed by atoms with Crippen molar-refractivity contribution >= 4 is 22.3 Å². The third kappa shape index (κ3) is 3.62. The van der Waals surface area contributed by atoms with Gasteiger partial charge in [-0.25, -0.2) is 13.8 Å². The highest BCUT2D eigenvalue weighted by Crippen LogP contribution is 2.27. The summed E-state index contributed by atoms with van der Waals surface area (Å²) >= 11 is 0. The normalized spacial score (nSPS) is 13.5. The molecule has 31 heavy (non-hydrogen) atoms. The summed E-state index contributed by atoms with van der Waals surface area (Å²) in [6.07, 6.45) is 7.41. The number of fused-ring (bicyclic) bond motifs is 1. The van der Waals surface area contributed by atoms with Crippen LogP contribution in [-0.2, 0) is 6.54 Å². The molecule has 8 heteroatoms. The summed E-state index contributed by atoms with van der Waals surface area (Å²) in [7, 11) is 0. The molecule has 6 nitrogen and oxygen atoms in total. The summed E-state index contributed by atoms with van der Waals surface area (Å²) in [6.45, 7) is 1.62. The monoisotopic (exact) mass is 416 g/mol. The van der Waals surface area contributed by atoms with Crippen LogP contribution in [0.4, 0.5) is 8.78 Å². The molecular formula is C23H18F2N6. The van der Waals surface area contributed by atoms with E-state index in [-0.39, 0.29) is 0 Å². The molecule has 0 unspecified atom stereocenters. The van der Waals surface area contributed by atoms with Crippen LogP contribution in [0.1, 0.15) is 11.3 Å². The van der Waals surface area contributed by atoms with E-state index >= 15 is 0 Å².